The maximum Gasteiger partial charge on any atom is 0.270 e. The van der Waals surface area contributed by atoms with Crippen LogP contribution in [0.2, 0.25) is 5.02 Å². The molecule has 2 heterocycles. The molecule has 4 nitrogen and oxygen atoms in total. The molecule has 1 fully saturated rings. The molecule has 2 rings (SSSR count). The Morgan fingerprint density at radius 1 is 1.56 bits per heavy atom. The summed E-state index contributed by atoms with van der Waals surface area (Å²) in [6.07, 6.45) is 3.60. The van der Waals surface area contributed by atoms with E-state index in [4.69, 9.17) is 11.6 Å². The van der Waals surface area contributed by atoms with Gasteiger partial charge in [-0.25, -0.2) is 4.98 Å². The molecular formula is C11H14ClN3O. The Kier molecular flexibility index (Phi) is 3.74. The molecule has 0 aromatic carbocycles. The zero-order valence-electron chi connectivity index (χ0n) is 8.87. The molecule has 0 bridgehead atoms. The highest BCUT2D eigenvalue weighted by Crippen LogP contribution is 2.07. The fraction of sp³-hybridized carbons (Fsp3) is 0.455. The van der Waals surface area contributed by atoms with Gasteiger partial charge >= 0.3 is 0 Å². The van der Waals surface area contributed by atoms with Crippen LogP contribution in [0.4, 0.5) is 0 Å². The SMILES string of the molecule is O=C(N[C@H]1CCCNC1)c1ccc(Cl)cn1. The monoisotopic (exact) mass is 239 g/mol. The van der Waals surface area contributed by atoms with Crippen LogP contribution < -0.4 is 10.6 Å². The van der Waals surface area contributed by atoms with Crippen molar-refractivity contribution in [1.29, 1.82) is 0 Å². The number of hydrogen-bond donors (Lipinski definition) is 2. The van der Waals surface area contributed by atoms with Gasteiger partial charge in [0.25, 0.3) is 5.91 Å². The zero-order chi connectivity index (χ0) is 11.4. The fourth-order valence-electron chi connectivity index (χ4n) is 1.74. The van der Waals surface area contributed by atoms with Crippen molar-refractivity contribution in [2.45, 2.75) is 18.9 Å². The van der Waals surface area contributed by atoms with Gasteiger partial charge in [0.05, 0.1) is 5.02 Å². The Hall–Kier alpha value is -1.13. The van der Waals surface area contributed by atoms with E-state index in [1.54, 1.807) is 12.1 Å². The second kappa shape index (κ2) is 5.27. The minimum absolute atomic E-state index is 0.134. The largest absolute Gasteiger partial charge is 0.347 e. The van der Waals surface area contributed by atoms with E-state index in [0.717, 1.165) is 25.9 Å². The number of aromatic nitrogens is 1. The van der Waals surface area contributed by atoms with Gasteiger partial charge in [-0.15, -0.1) is 0 Å². The van der Waals surface area contributed by atoms with Crippen molar-refractivity contribution in [2.24, 2.45) is 0 Å². The molecule has 16 heavy (non-hydrogen) atoms. The van der Waals surface area contributed by atoms with Gasteiger partial charge in [0.1, 0.15) is 5.69 Å². The van der Waals surface area contributed by atoms with Crippen LogP contribution in [0, 0.1) is 0 Å². The van der Waals surface area contributed by atoms with Crippen LogP contribution in [0.3, 0.4) is 0 Å². The lowest BCUT2D eigenvalue weighted by Gasteiger charge is -2.23. The van der Waals surface area contributed by atoms with E-state index in [2.05, 4.69) is 15.6 Å². The average Bonchev–Trinajstić information content (AvgIpc) is 2.31. The lowest BCUT2D eigenvalue weighted by Crippen LogP contribution is -2.45. The van der Waals surface area contributed by atoms with Crippen molar-refractivity contribution in [3.05, 3.63) is 29.0 Å². The molecular weight excluding hydrogens is 226 g/mol. The maximum absolute atomic E-state index is 11.8. The number of halogens is 1. The third-order valence-electron chi connectivity index (χ3n) is 2.59. The number of rotatable bonds is 2. The molecule has 0 saturated carbocycles. The average molecular weight is 240 g/mol. The second-order valence-corrected chi connectivity index (χ2v) is 4.31. The first-order valence-electron chi connectivity index (χ1n) is 5.39. The minimum atomic E-state index is -0.134. The summed E-state index contributed by atoms with van der Waals surface area (Å²) < 4.78 is 0. The summed E-state index contributed by atoms with van der Waals surface area (Å²) in [6, 6.07) is 3.51. The standard InChI is InChI=1S/C11H14ClN3O/c12-8-3-4-10(14-6-8)11(16)15-9-2-1-5-13-7-9/h3-4,6,9,13H,1-2,5,7H2,(H,15,16)/t9-/m0/s1. The van der Waals surface area contributed by atoms with Crippen LogP contribution in [0.25, 0.3) is 0 Å². The number of pyridine rings is 1. The molecule has 1 aromatic rings. The number of nitrogens with zero attached hydrogens (tertiary/aromatic N) is 1. The van der Waals surface area contributed by atoms with Gasteiger partial charge in [-0.3, -0.25) is 4.79 Å². The van der Waals surface area contributed by atoms with Crippen molar-refractivity contribution in [3.8, 4) is 0 Å². The number of nitrogens with one attached hydrogen (secondary N) is 2. The van der Waals surface area contributed by atoms with Crippen LogP contribution in [0.15, 0.2) is 18.3 Å². The Morgan fingerprint density at radius 2 is 2.44 bits per heavy atom. The topological polar surface area (TPSA) is 54.0 Å². The van der Waals surface area contributed by atoms with E-state index in [-0.39, 0.29) is 11.9 Å². The summed E-state index contributed by atoms with van der Waals surface area (Å²) in [5, 5.41) is 6.73. The fourth-order valence-corrected chi connectivity index (χ4v) is 1.86. The van der Waals surface area contributed by atoms with Crippen molar-refractivity contribution >= 4 is 17.5 Å². The first-order chi connectivity index (χ1) is 7.75. The maximum atomic E-state index is 11.8. The number of carbonyl (C=O) groups is 1. The van der Waals surface area contributed by atoms with Gasteiger partial charge in [0, 0.05) is 18.8 Å². The smallest absolute Gasteiger partial charge is 0.270 e. The van der Waals surface area contributed by atoms with Gasteiger partial charge in [-0.2, -0.15) is 0 Å². The van der Waals surface area contributed by atoms with Gasteiger partial charge < -0.3 is 10.6 Å². The van der Waals surface area contributed by atoms with Crippen LogP contribution in [-0.4, -0.2) is 30.0 Å². The van der Waals surface area contributed by atoms with E-state index in [0.29, 0.717) is 10.7 Å². The number of hydrogen-bond acceptors (Lipinski definition) is 3. The van der Waals surface area contributed by atoms with Crippen LogP contribution in [-0.2, 0) is 0 Å². The third kappa shape index (κ3) is 2.93. The quantitative estimate of drug-likeness (QED) is 0.816. The molecule has 1 aliphatic rings. The van der Waals surface area contributed by atoms with Gasteiger partial charge in [0.15, 0.2) is 0 Å². The first kappa shape index (κ1) is 11.4. The lowest BCUT2D eigenvalue weighted by atomic mass is 10.1. The first-order valence-corrected chi connectivity index (χ1v) is 5.76. The number of carbonyl (C=O) groups excluding carboxylic acids is 1. The molecule has 0 unspecified atom stereocenters. The second-order valence-electron chi connectivity index (χ2n) is 3.88. The third-order valence-corrected chi connectivity index (χ3v) is 2.82. The van der Waals surface area contributed by atoms with Crippen LogP contribution in [0.5, 0.6) is 0 Å². The summed E-state index contributed by atoms with van der Waals surface area (Å²) in [7, 11) is 0. The molecule has 1 amide bonds. The summed E-state index contributed by atoms with van der Waals surface area (Å²) in [5.74, 6) is -0.134. The Balaban J connectivity index is 1.94. The predicted octanol–water partition coefficient (Wildman–Crippen LogP) is 1.22. The molecule has 1 aromatic heterocycles. The van der Waals surface area contributed by atoms with Crippen molar-refractivity contribution in [3.63, 3.8) is 0 Å². The van der Waals surface area contributed by atoms with Crippen LogP contribution in [0.1, 0.15) is 23.3 Å². The molecule has 5 heteroatoms. The highest BCUT2D eigenvalue weighted by atomic mass is 35.5. The zero-order valence-corrected chi connectivity index (χ0v) is 9.63. The highest BCUT2D eigenvalue weighted by molar-refractivity contribution is 6.30. The Bertz CT molecular complexity index is 360. The minimum Gasteiger partial charge on any atom is -0.347 e. The molecule has 1 atom stereocenters. The number of amides is 1. The van der Waals surface area contributed by atoms with E-state index < -0.39 is 0 Å². The van der Waals surface area contributed by atoms with E-state index in [1.165, 1.54) is 6.20 Å². The van der Waals surface area contributed by atoms with Crippen molar-refractivity contribution in [2.75, 3.05) is 13.1 Å². The lowest BCUT2D eigenvalue weighted by molar-refractivity contribution is 0.0925. The molecule has 1 saturated heterocycles. The predicted molar refractivity (Wildman–Crippen MR) is 62.6 cm³/mol. The van der Waals surface area contributed by atoms with E-state index >= 15 is 0 Å². The van der Waals surface area contributed by atoms with Crippen LogP contribution >= 0.6 is 11.6 Å². The normalized spacial score (nSPS) is 20.4. The highest BCUT2D eigenvalue weighted by Gasteiger charge is 2.16. The van der Waals surface area contributed by atoms with Gasteiger partial charge in [-0.1, -0.05) is 11.6 Å². The van der Waals surface area contributed by atoms with Crippen molar-refractivity contribution in [1.82, 2.24) is 15.6 Å². The molecule has 2 N–H and O–H groups in total. The summed E-state index contributed by atoms with van der Waals surface area (Å²) >= 11 is 5.70. The molecule has 0 radical (unpaired) electrons. The summed E-state index contributed by atoms with van der Waals surface area (Å²) in [5.41, 5.74) is 0.412. The van der Waals surface area contributed by atoms with E-state index in [9.17, 15) is 4.79 Å². The molecule has 86 valence electrons. The summed E-state index contributed by atoms with van der Waals surface area (Å²) in [4.78, 5) is 15.8. The Morgan fingerprint density at radius 3 is 3.06 bits per heavy atom. The van der Waals surface area contributed by atoms with Crippen molar-refractivity contribution < 1.29 is 4.79 Å². The number of piperidine rings is 1. The van der Waals surface area contributed by atoms with Gasteiger partial charge in [-0.05, 0) is 31.5 Å². The summed E-state index contributed by atoms with van der Waals surface area (Å²) in [6.45, 7) is 1.87. The molecule has 0 aliphatic carbocycles. The Labute approximate surface area is 99.4 Å². The molecule has 1 aliphatic heterocycles. The van der Waals surface area contributed by atoms with Gasteiger partial charge in [0.2, 0.25) is 0 Å². The van der Waals surface area contributed by atoms with E-state index in [1.807, 2.05) is 0 Å². The molecule has 0 spiro atoms.